The summed E-state index contributed by atoms with van der Waals surface area (Å²) in [5.41, 5.74) is 6.12. The largest absolute Gasteiger partial charge is 0.399 e. The second kappa shape index (κ2) is 5.30. The normalized spacial score (nSPS) is 20.1. The lowest BCUT2D eigenvalue weighted by Gasteiger charge is -2.23. The Morgan fingerprint density at radius 2 is 2.16 bits per heavy atom. The summed E-state index contributed by atoms with van der Waals surface area (Å²) in [6, 6.07) is 2.55. The van der Waals surface area contributed by atoms with Crippen molar-refractivity contribution in [2.75, 3.05) is 24.3 Å². The van der Waals surface area contributed by atoms with Gasteiger partial charge >= 0.3 is 0 Å². The molecule has 7 heteroatoms. The van der Waals surface area contributed by atoms with E-state index in [9.17, 15) is 12.8 Å². The maximum absolute atomic E-state index is 14.1. The van der Waals surface area contributed by atoms with E-state index in [1.807, 2.05) is 0 Å². The van der Waals surface area contributed by atoms with Gasteiger partial charge in [0.1, 0.15) is 10.7 Å². The van der Waals surface area contributed by atoms with Crippen molar-refractivity contribution in [3.8, 4) is 0 Å². The lowest BCUT2D eigenvalue weighted by atomic mass is 10.2. The first kappa shape index (κ1) is 14.6. The van der Waals surface area contributed by atoms with Crippen LogP contribution in [-0.2, 0) is 10.0 Å². The summed E-state index contributed by atoms with van der Waals surface area (Å²) < 4.78 is 40.3. The Bertz CT molecular complexity index is 584. The average Bonchev–Trinajstić information content (AvgIpc) is 2.86. The van der Waals surface area contributed by atoms with E-state index in [-0.39, 0.29) is 22.2 Å². The van der Waals surface area contributed by atoms with Crippen molar-refractivity contribution in [2.45, 2.75) is 24.3 Å². The second-order valence-electron chi connectivity index (χ2n) is 4.69. The van der Waals surface area contributed by atoms with Crippen molar-refractivity contribution in [3.63, 3.8) is 0 Å². The SMILES string of the molecule is Cc1cc(N)cc(S(=O)(=O)N(C)C2CCSC2)c1F. The van der Waals surface area contributed by atoms with Gasteiger partial charge in [-0.1, -0.05) is 0 Å². The fraction of sp³-hybridized carbons (Fsp3) is 0.500. The van der Waals surface area contributed by atoms with E-state index in [4.69, 9.17) is 5.73 Å². The molecule has 0 amide bonds. The van der Waals surface area contributed by atoms with Crippen molar-refractivity contribution < 1.29 is 12.8 Å². The Morgan fingerprint density at radius 1 is 1.47 bits per heavy atom. The monoisotopic (exact) mass is 304 g/mol. The Morgan fingerprint density at radius 3 is 2.74 bits per heavy atom. The highest BCUT2D eigenvalue weighted by Gasteiger charge is 2.32. The van der Waals surface area contributed by atoms with Crippen molar-refractivity contribution in [2.24, 2.45) is 0 Å². The minimum absolute atomic E-state index is 0.0730. The molecule has 2 rings (SSSR count). The van der Waals surface area contributed by atoms with E-state index in [1.165, 1.54) is 30.4 Å². The first-order valence-electron chi connectivity index (χ1n) is 5.95. The Kier molecular flexibility index (Phi) is 4.08. The first-order valence-corrected chi connectivity index (χ1v) is 8.55. The molecule has 1 fully saturated rings. The minimum atomic E-state index is -3.83. The van der Waals surface area contributed by atoms with Gasteiger partial charge in [0.15, 0.2) is 0 Å². The molecule has 1 heterocycles. The maximum atomic E-state index is 14.1. The number of hydrogen-bond acceptors (Lipinski definition) is 4. The molecular weight excluding hydrogens is 287 g/mol. The third-order valence-electron chi connectivity index (χ3n) is 3.32. The third kappa shape index (κ3) is 2.73. The number of thioether (sulfide) groups is 1. The molecule has 2 N–H and O–H groups in total. The van der Waals surface area contributed by atoms with Crippen LogP contribution in [0.15, 0.2) is 17.0 Å². The number of aryl methyl sites for hydroxylation is 1. The summed E-state index contributed by atoms with van der Waals surface area (Å²) >= 11 is 1.71. The Labute approximate surface area is 117 Å². The lowest BCUT2D eigenvalue weighted by molar-refractivity contribution is 0.391. The molecule has 0 spiro atoms. The standard InChI is InChI=1S/C12H17FN2O2S2/c1-8-5-9(14)6-11(12(8)13)19(16,17)15(2)10-3-4-18-7-10/h5-6,10H,3-4,7,14H2,1-2H3. The van der Waals surface area contributed by atoms with Crippen LogP contribution in [0, 0.1) is 12.7 Å². The molecule has 0 radical (unpaired) electrons. The number of rotatable bonds is 3. The Balaban J connectivity index is 2.44. The molecule has 1 aromatic rings. The van der Waals surface area contributed by atoms with E-state index >= 15 is 0 Å². The molecule has 0 saturated carbocycles. The van der Waals surface area contributed by atoms with Crippen molar-refractivity contribution in [1.82, 2.24) is 4.31 Å². The molecular formula is C12H17FN2O2S2. The van der Waals surface area contributed by atoms with Crippen LogP contribution in [0.1, 0.15) is 12.0 Å². The number of hydrogen-bond donors (Lipinski definition) is 1. The van der Waals surface area contributed by atoms with Crippen LogP contribution in [0.4, 0.5) is 10.1 Å². The van der Waals surface area contributed by atoms with Crippen molar-refractivity contribution in [3.05, 3.63) is 23.5 Å². The number of nitrogens with two attached hydrogens (primary N) is 1. The molecule has 0 aromatic heterocycles. The topological polar surface area (TPSA) is 63.4 Å². The fourth-order valence-electron chi connectivity index (χ4n) is 2.11. The summed E-state index contributed by atoms with van der Waals surface area (Å²) in [6.07, 6.45) is 0.795. The zero-order valence-corrected chi connectivity index (χ0v) is 12.5. The molecule has 4 nitrogen and oxygen atoms in total. The second-order valence-corrected chi connectivity index (χ2v) is 7.80. The van der Waals surface area contributed by atoms with Crippen LogP contribution in [0.2, 0.25) is 0 Å². The summed E-state index contributed by atoms with van der Waals surface area (Å²) in [7, 11) is -2.33. The molecule has 1 aliphatic rings. The maximum Gasteiger partial charge on any atom is 0.246 e. The summed E-state index contributed by atoms with van der Waals surface area (Å²) in [6.45, 7) is 1.51. The predicted molar refractivity (Wildman–Crippen MR) is 76.2 cm³/mol. The molecule has 0 aliphatic carbocycles. The molecule has 1 atom stereocenters. The van der Waals surface area contributed by atoms with Gasteiger partial charge in [-0.25, -0.2) is 12.8 Å². The van der Waals surface area contributed by atoms with Gasteiger partial charge in [0.25, 0.3) is 0 Å². The number of anilines is 1. The summed E-state index contributed by atoms with van der Waals surface area (Å²) in [5, 5.41) is 0. The van der Waals surface area contributed by atoms with Gasteiger partial charge in [0.2, 0.25) is 10.0 Å². The van der Waals surface area contributed by atoms with Crippen LogP contribution in [0.5, 0.6) is 0 Å². The molecule has 19 heavy (non-hydrogen) atoms. The molecule has 0 bridgehead atoms. The molecule has 1 aliphatic heterocycles. The lowest BCUT2D eigenvalue weighted by Crippen LogP contribution is -2.37. The van der Waals surface area contributed by atoms with Gasteiger partial charge in [0, 0.05) is 24.5 Å². The highest BCUT2D eigenvalue weighted by atomic mass is 32.2. The molecule has 1 unspecified atom stereocenters. The van der Waals surface area contributed by atoms with Crippen LogP contribution in [0.25, 0.3) is 0 Å². The van der Waals surface area contributed by atoms with Crippen molar-refractivity contribution >= 4 is 27.5 Å². The van der Waals surface area contributed by atoms with Gasteiger partial charge in [-0.3, -0.25) is 0 Å². The van der Waals surface area contributed by atoms with Crippen LogP contribution in [-0.4, -0.2) is 37.3 Å². The Hall–Kier alpha value is -0.790. The van der Waals surface area contributed by atoms with E-state index < -0.39 is 15.8 Å². The van der Waals surface area contributed by atoms with E-state index in [0.29, 0.717) is 0 Å². The summed E-state index contributed by atoms with van der Waals surface area (Å²) in [4.78, 5) is -0.329. The number of halogens is 1. The average molecular weight is 304 g/mol. The number of nitrogen functional groups attached to an aromatic ring is 1. The first-order chi connectivity index (χ1) is 8.84. The number of nitrogens with zero attached hydrogens (tertiary/aromatic N) is 1. The van der Waals surface area contributed by atoms with Gasteiger partial charge in [-0.2, -0.15) is 16.1 Å². The quantitative estimate of drug-likeness (QED) is 0.866. The predicted octanol–water partition coefficient (Wildman–Crippen LogP) is 1.84. The number of benzene rings is 1. The smallest absolute Gasteiger partial charge is 0.246 e. The molecule has 1 saturated heterocycles. The zero-order valence-electron chi connectivity index (χ0n) is 10.9. The fourth-order valence-corrected chi connectivity index (χ4v) is 5.03. The van der Waals surface area contributed by atoms with E-state index in [1.54, 1.807) is 11.8 Å². The van der Waals surface area contributed by atoms with Crippen LogP contribution in [0.3, 0.4) is 0 Å². The van der Waals surface area contributed by atoms with Crippen LogP contribution < -0.4 is 5.73 Å². The van der Waals surface area contributed by atoms with E-state index in [2.05, 4.69) is 0 Å². The van der Waals surface area contributed by atoms with Gasteiger partial charge < -0.3 is 5.73 Å². The van der Waals surface area contributed by atoms with Gasteiger partial charge in [0.05, 0.1) is 0 Å². The molecule has 106 valence electrons. The van der Waals surface area contributed by atoms with Crippen LogP contribution >= 0.6 is 11.8 Å². The summed E-state index contributed by atoms with van der Waals surface area (Å²) in [5.74, 6) is 0.966. The highest BCUT2D eigenvalue weighted by molar-refractivity contribution is 7.99. The highest BCUT2D eigenvalue weighted by Crippen LogP contribution is 2.29. The number of sulfonamides is 1. The van der Waals surface area contributed by atoms with Crippen molar-refractivity contribution in [1.29, 1.82) is 0 Å². The third-order valence-corrected chi connectivity index (χ3v) is 6.37. The van der Waals surface area contributed by atoms with Gasteiger partial charge in [-0.05, 0) is 36.8 Å². The molecule has 1 aromatic carbocycles. The van der Waals surface area contributed by atoms with E-state index in [0.717, 1.165) is 17.9 Å². The minimum Gasteiger partial charge on any atom is -0.399 e. The zero-order chi connectivity index (χ0) is 14.2. The van der Waals surface area contributed by atoms with Gasteiger partial charge in [-0.15, -0.1) is 0 Å².